The Bertz CT molecular complexity index is 1160. The quantitative estimate of drug-likeness (QED) is 0.485. The molecule has 2 fully saturated rings. The van der Waals surface area contributed by atoms with E-state index in [1.54, 1.807) is 28.1 Å². The molecule has 0 atom stereocenters. The number of aromatic nitrogens is 3. The lowest BCUT2D eigenvalue weighted by molar-refractivity contribution is -0.124. The summed E-state index contributed by atoms with van der Waals surface area (Å²) in [7, 11) is 0. The van der Waals surface area contributed by atoms with Crippen LogP contribution in [0.4, 0.5) is 5.82 Å². The molecule has 0 unspecified atom stereocenters. The SMILES string of the molecule is Cc1csc(CCc2cc(NC3CC3)n3ncc(/C=C4\CC(=O)NC4=O)c3n2)c1. The van der Waals surface area contributed by atoms with Crippen molar-refractivity contribution in [3.05, 3.63) is 51.0 Å². The lowest BCUT2D eigenvalue weighted by atomic mass is 10.1. The molecule has 5 rings (SSSR count). The van der Waals surface area contributed by atoms with Gasteiger partial charge in [-0.25, -0.2) is 4.98 Å². The van der Waals surface area contributed by atoms with E-state index in [2.05, 4.69) is 40.2 Å². The third kappa shape index (κ3) is 3.80. The molecule has 4 heterocycles. The molecule has 1 aliphatic carbocycles. The molecule has 7 nitrogen and oxygen atoms in total. The van der Waals surface area contributed by atoms with Gasteiger partial charge in [-0.3, -0.25) is 14.9 Å². The summed E-state index contributed by atoms with van der Waals surface area (Å²) in [5.74, 6) is 0.315. The zero-order valence-electron chi connectivity index (χ0n) is 16.1. The first-order chi connectivity index (χ1) is 14.0. The molecule has 0 radical (unpaired) electrons. The lowest BCUT2D eigenvalue weighted by Gasteiger charge is -2.10. The third-order valence-corrected chi connectivity index (χ3v) is 6.23. The molecule has 8 heteroatoms. The van der Waals surface area contributed by atoms with Crippen LogP contribution in [0.3, 0.4) is 0 Å². The van der Waals surface area contributed by atoms with E-state index in [0.29, 0.717) is 17.3 Å². The van der Waals surface area contributed by atoms with Gasteiger partial charge in [0.2, 0.25) is 5.91 Å². The first-order valence-electron chi connectivity index (χ1n) is 9.78. The van der Waals surface area contributed by atoms with Crippen molar-refractivity contribution in [1.29, 1.82) is 0 Å². The summed E-state index contributed by atoms with van der Waals surface area (Å²) in [6.45, 7) is 2.11. The predicted octanol–water partition coefficient (Wildman–Crippen LogP) is 2.89. The van der Waals surface area contributed by atoms with Crippen LogP contribution in [0.5, 0.6) is 0 Å². The smallest absolute Gasteiger partial charge is 0.254 e. The number of carbonyl (C=O) groups is 2. The molecule has 1 saturated carbocycles. The van der Waals surface area contributed by atoms with Crippen molar-refractivity contribution in [1.82, 2.24) is 19.9 Å². The second-order valence-corrected chi connectivity index (χ2v) is 8.70. The van der Waals surface area contributed by atoms with Crippen molar-refractivity contribution in [2.75, 3.05) is 5.32 Å². The topological polar surface area (TPSA) is 88.4 Å². The molecule has 3 aromatic heterocycles. The average Bonchev–Trinajstić information content (AvgIpc) is 3.10. The molecule has 0 bridgehead atoms. The molecule has 2 amide bonds. The zero-order chi connectivity index (χ0) is 20.0. The number of aryl methyl sites for hydroxylation is 3. The Kier molecular flexibility index (Phi) is 4.43. The highest BCUT2D eigenvalue weighted by molar-refractivity contribution is 7.10. The summed E-state index contributed by atoms with van der Waals surface area (Å²) < 4.78 is 1.79. The molecular formula is C21H21N5O2S. The van der Waals surface area contributed by atoms with Gasteiger partial charge in [-0.15, -0.1) is 11.3 Å². The van der Waals surface area contributed by atoms with Gasteiger partial charge in [-0.1, -0.05) is 0 Å². The third-order valence-electron chi connectivity index (χ3n) is 5.12. The Morgan fingerprint density at radius 3 is 2.86 bits per heavy atom. The van der Waals surface area contributed by atoms with Gasteiger partial charge >= 0.3 is 0 Å². The van der Waals surface area contributed by atoms with Crippen molar-refractivity contribution >= 4 is 40.7 Å². The van der Waals surface area contributed by atoms with Crippen molar-refractivity contribution in [3.63, 3.8) is 0 Å². The van der Waals surface area contributed by atoms with Gasteiger partial charge in [0.05, 0.1) is 12.6 Å². The maximum atomic E-state index is 11.9. The molecule has 0 aromatic carbocycles. The zero-order valence-corrected chi connectivity index (χ0v) is 16.9. The van der Waals surface area contributed by atoms with Crippen LogP contribution in [0.15, 0.2) is 29.3 Å². The van der Waals surface area contributed by atoms with Gasteiger partial charge in [0, 0.05) is 33.8 Å². The van der Waals surface area contributed by atoms with Crippen LogP contribution in [-0.4, -0.2) is 32.5 Å². The second-order valence-electron chi connectivity index (χ2n) is 7.70. The number of anilines is 1. The minimum absolute atomic E-state index is 0.0980. The number of thiophene rings is 1. The Balaban J connectivity index is 1.50. The van der Waals surface area contributed by atoms with Gasteiger partial charge in [0.1, 0.15) is 5.82 Å². The summed E-state index contributed by atoms with van der Waals surface area (Å²) in [6.07, 6.45) is 7.61. The minimum atomic E-state index is -0.338. The molecule has 3 aromatic rings. The van der Waals surface area contributed by atoms with Crippen LogP contribution in [0.1, 0.15) is 41.0 Å². The molecule has 2 aliphatic rings. The largest absolute Gasteiger partial charge is 0.367 e. The fourth-order valence-corrected chi connectivity index (χ4v) is 4.36. The Morgan fingerprint density at radius 1 is 1.31 bits per heavy atom. The highest BCUT2D eigenvalue weighted by atomic mass is 32.1. The van der Waals surface area contributed by atoms with E-state index in [1.165, 1.54) is 10.4 Å². The molecule has 2 N–H and O–H groups in total. The highest BCUT2D eigenvalue weighted by Gasteiger charge is 2.25. The van der Waals surface area contributed by atoms with Crippen molar-refractivity contribution in [2.45, 2.75) is 45.1 Å². The lowest BCUT2D eigenvalue weighted by Crippen LogP contribution is -2.19. The average molecular weight is 407 g/mol. The van der Waals surface area contributed by atoms with E-state index in [9.17, 15) is 9.59 Å². The van der Waals surface area contributed by atoms with Gasteiger partial charge < -0.3 is 5.32 Å². The van der Waals surface area contributed by atoms with E-state index >= 15 is 0 Å². The van der Waals surface area contributed by atoms with Gasteiger partial charge in [0.25, 0.3) is 5.91 Å². The Morgan fingerprint density at radius 2 is 2.17 bits per heavy atom. The number of fused-ring (bicyclic) bond motifs is 1. The van der Waals surface area contributed by atoms with E-state index in [-0.39, 0.29) is 18.2 Å². The van der Waals surface area contributed by atoms with Crippen LogP contribution >= 0.6 is 11.3 Å². The molecule has 0 spiro atoms. The normalized spacial score (nSPS) is 18.0. The first kappa shape index (κ1) is 18.1. The van der Waals surface area contributed by atoms with E-state index in [1.807, 2.05) is 0 Å². The van der Waals surface area contributed by atoms with Crippen molar-refractivity contribution in [2.24, 2.45) is 0 Å². The number of amides is 2. The predicted molar refractivity (Wildman–Crippen MR) is 112 cm³/mol. The van der Waals surface area contributed by atoms with Crippen LogP contribution in [0, 0.1) is 6.92 Å². The van der Waals surface area contributed by atoms with Gasteiger partial charge in [0.15, 0.2) is 5.65 Å². The summed E-state index contributed by atoms with van der Waals surface area (Å²) in [5, 5.41) is 12.5. The standard InChI is InChI=1S/C21H21N5O2S/c1-12-6-17(29-11-12)5-4-16-9-18(23-15-2-3-15)26-20(24-16)14(10-22-26)7-13-8-19(27)25-21(13)28/h6-7,9-11,15,23H,2-5,8H2,1H3,(H,25,27,28)/b13-7+. The van der Waals surface area contributed by atoms with Gasteiger partial charge in [-0.05, 0) is 55.7 Å². The first-order valence-corrected chi connectivity index (χ1v) is 10.7. The number of rotatable bonds is 6. The summed E-state index contributed by atoms with van der Waals surface area (Å²) in [4.78, 5) is 29.6. The van der Waals surface area contributed by atoms with Gasteiger partial charge in [-0.2, -0.15) is 9.61 Å². The number of nitrogens with zero attached hydrogens (tertiary/aromatic N) is 3. The number of imide groups is 1. The maximum Gasteiger partial charge on any atom is 0.254 e. The van der Waals surface area contributed by atoms with Crippen LogP contribution in [0.2, 0.25) is 0 Å². The molecular weight excluding hydrogens is 386 g/mol. The Hall–Kier alpha value is -3.00. The van der Waals surface area contributed by atoms with E-state index in [4.69, 9.17) is 4.98 Å². The minimum Gasteiger partial charge on any atom is -0.367 e. The molecule has 1 saturated heterocycles. The van der Waals surface area contributed by atoms with Crippen LogP contribution in [0.25, 0.3) is 11.7 Å². The summed E-state index contributed by atoms with van der Waals surface area (Å²) in [6, 6.07) is 4.77. The van der Waals surface area contributed by atoms with E-state index < -0.39 is 0 Å². The monoisotopic (exact) mass is 407 g/mol. The fourth-order valence-electron chi connectivity index (χ4n) is 3.48. The molecule has 148 valence electrons. The number of hydrogen-bond donors (Lipinski definition) is 2. The number of nitrogens with one attached hydrogen (secondary N) is 2. The van der Waals surface area contributed by atoms with Crippen LogP contribution in [-0.2, 0) is 22.4 Å². The molecule has 29 heavy (non-hydrogen) atoms. The van der Waals surface area contributed by atoms with E-state index in [0.717, 1.165) is 42.8 Å². The fraction of sp³-hybridized carbons (Fsp3) is 0.333. The molecule has 1 aliphatic heterocycles. The highest BCUT2D eigenvalue weighted by Crippen LogP contribution is 2.27. The maximum absolute atomic E-state index is 11.9. The van der Waals surface area contributed by atoms with Crippen molar-refractivity contribution in [3.8, 4) is 0 Å². The van der Waals surface area contributed by atoms with Crippen LogP contribution < -0.4 is 10.6 Å². The number of carbonyl (C=O) groups excluding carboxylic acids is 2. The number of hydrogen-bond acceptors (Lipinski definition) is 6. The van der Waals surface area contributed by atoms with Crippen molar-refractivity contribution < 1.29 is 9.59 Å². The Labute approximate surface area is 171 Å². The summed E-state index contributed by atoms with van der Waals surface area (Å²) in [5.41, 5.74) is 4.17. The second kappa shape index (κ2) is 7.11. The summed E-state index contributed by atoms with van der Waals surface area (Å²) >= 11 is 1.78.